The van der Waals surface area contributed by atoms with Gasteiger partial charge in [-0.15, -0.1) is 0 Å². The van der Waals surface area contributed by atoms with Crippen LogP contribution in [0.15, 0.2) is 72.8 Å². The summed E-state index contributed by atoms with van der Waals surface area (Å²) in [6.07, 6.45) is 3.36. The highest BCUT2D eigenvalue weighted by Gasteiger charge is 2.42. The summed E-state index contributed by atoms with van der Waals surface area (Å²) in [6.45, 7) is 0. The summed E-state index contributed by atoms with van der Waals surface area (Å²) in [4.78, 5) is 103. The van der Waals surface area contributed by atoms with E-state index < -0.39 is 54.7 Å². The molecular formula is C46H52O18. The van der Waals surface area contributed by atoms with E-state index in [-0.39, 0.29) is 40.4 Å². The highest BCUT2D eigenvalue weighted by Crippen LogP contribution is 2.48. The molecule has 18 nitrogen and oxygen atoms in total. The van der Waals surface area contributed by atoms with Crippen LogP contribution >= 0.6 is 0 Å². The molecule has 0 atom stereocenters. The van der Waals surface area contributed by atoms with E-state index in [1.54, 1.807) is 36.4 Å². The van der Waals surface area contributed by atoms with Gasteiger partial charge in [0.05, 0.1) is 38.0 Å². The fraction of sp³-hybridized carbons (Fsp3) is 0.478. The van der Waals surface area contributed by atoms with E-state index >= 15 is 0 Å². The minimum Gasteiger partial charge on any atom is -0.497 e. The van der Waals surface area contributed by atoms with Crippen LogP contribution in [0.4, 0.5) is 14.4 Å². The van der Waals surface area contributed by atoms with Crippen molar-refractivity contribution < 1.29 is 86.5 Å². The van der Waals surface area contributed by atoms with Crippen molar-refractivity contribution in [2.45, 2.75) is 95.4 Å². The highest BCUT2D eigenvalue weighted by atomic mass is 17.2. The van der Waals surface area contributed by atoms with Gasteiger partial charge in [0.1, 0.15) is 35.6 Å². The first kappa shape index (κ1) is 46.8. The van der Waals surface area contributed by atoms with Crippen molar-refractivity contribution in [3.05, 3.63) is 89.5 Å². The first-order valence-electron chi connectivity index (χ1n) is 21.2. The molecule has 0 spiro atoms. The Kier molecular flexibility index (Phi) is 16.9. The van der Waals surface area contributed by atoms with Crippen molar-refractivity contribution in [1.29, 1.82) is 0 Å². The van der Waals surface area contributed by atoms with Crippen LogP contribution in [0.3, 0.4) is 0 Å². The van der Waals surface area contributed by atoms with Crippen LogP contribution in [0.2, 0.25) is 0 Å². The number of ether oxygens (including phenoxy) is 6. The van der Waals surface area contributed by atoms with E-state index in [1.807, 2.05) is 0 Å². The Balaban J connectivity index is 0.989. The van der Waals surface area contributed by atoms with Gasteiger partial charge >= 0.3 is 36.4 Å². The van der Waals surface area contributed by atoms with Crippen LogP contribution in [0.25, 0.3) is 0 Å². The second-order valence-corrected chi connectivity index (χ2v) is 15.8. The number of carbonyl (C=O) groups excluding carboxylic acids is 6. The number of benzene rings is 3. The summed E-state index contributed by atoms with van der Waals surface area (Å²) >= 11 is 0. The number of carbonyl (C=O) groups is 6. The molecule has 0 aromatic heterocycles. The molecular weight excluding hydrogens is 840 g/mol. The first-order valence-corrected chi connectivity index (χ1v) is 21.2. The van der Waals surface area contributed by atoms with Gasteiger partial charge in [0.25, 0.3) is 0 Å². The maximum Gasteiger partial charge on any atom is 0.550 e. The molecule has 18 heteroatoms. The highest BCUT2D eigenvalue weighted by molar-refractivity contribution is 5.90. The third-order valence-electron chi connectivity index (χ3n) is 12.1. The molecule has 6 rings (SSSR count). The van der Waals surface area contributed by atoms with Crippen molar-refractivity contribution in [1.82, 2.24) is 0 Å². The van der Waals surface area contributed by atoms with Crippen LogP contribution in [-0.2, 0) is 43.5 Å². The minimum absolute atomic E-state index is 0.165. The molecule has 0 radical (unpaired) electrons. The smallest absolute Gasteiger partial charge is 0.497 e. The Morgan fingerprint density at radius 1 is 0.359 bits per heavy atom. The first-order chi connectivity index (χ1) is 31.0. The van der Waals surface area contributed by atoms with Crippen molar-refractivity contribution in [3.8, 4) is 17.2 Å². The normalized spacial score (nSPS) is 22.2. The van der Waals surface area contributed by atoms with Crippen molar-refractivity contribution in [3.63, 3.8) is 0 Å². The molecule has 0 aliphatic heterocycles. The quantitative estimate of drug-likeness (QED) is 0.0717. The van der Waals surface area contributed by atoms with Gasteiger partial charge in [0.2, 0.25) is 0 Å². The van der Waals surface area contributed by atoms with E-state index in [9.17, 15) is 28.8 Å². The zero-order valence-electron chi connectivity index (χ0n) is 35.8. The van der Waals surface area contributed by atoms with Crippen LogP contribution in [-0.4, -0.2) is 76.0 Å². The second-order valence-electron chi connectivity index (χ2n) is 15.8. The predicted molar refractivity (Wildman–Crippen MR) is 219 cm³/mol. The third kappa shape index (κ3) is 13.4. The van der Waals surface area contributed by atoms with Crippen molar-refractivity contribution >= 4 is 36.4 Å². The van der Waals surface area contributed by atoms with E-state index in [1.165, 1.54) is 57.7 Å². The summed E-state index contributed by atoms with van der Waals surface area (Å²) < 4.78 is 31.8. The summed E-state index contributed by atoms with van der Waals surface area (Å²) in [7, 11) is 4.49. The monoisotopic (exact) mass is 892 g/mol. The standard InChI is InChI=1S/C46H52O18/c1-53-34-16-10-31(11-17-34)41(47)59-62-44(50)56-37-22-4-28(5-23-37)40(29-6-24-38(25-7-29)57-45(51)63-60-42(48)32-12-18-35(54-2)19-13-32)30-8-26-39(27-9-30)58-46(52)64-61-43(49)33-14-20-36(55-3)21-15-33/h10-21,28-30,37-40H,4-9,22-27H2,1-3H3. The number of methoxy groups -OCH3 is 3. The summed E-state index contributed by atoms with van der Waals surface area (Å²) in [5.41, 5.74) is 0.496. The lowest BCUT2D eigenvalue weighted by Crippen LogP contribution is -2.39. The Bertz CT molecular complexity index is 1780. The number of hydrogen-bond acceptors (Lipinski definition) is 18. The Morgan fingerprint density at radius 2 is 0.594 bits per heavy atom. The SMILES string of the molecule is COc1ccc(C(=O)OOC(=O)OC2CCC(C(C3CCC(OC(=O)OOC(=O)c4ccc(OC)cc4)CC3)C3CCC(OC(=O)OOC(=O)c4ccc(OC)cc4)CC3)CC2)cc1. The van der Waals surface area contributed by atoms with E-state index in [4.69, 9.17) is 43.1 Å². The largest absolute Gasteiger partial charge is 0.550 e. The Labute approximate surface area is 369 Å². The van der Waals surface area contributed by atoms with Gasteiger partial charge in [-0.05, 0) is 174 Å². The molecule has 0 amide bonds. The lowest BCUT2D eigenvalue weighted by Gasteiger charge is -2.45. The molecule has 0 unspecified atom stereocenters. The molecule has 0 N–H and O–H groups in total. The Hall–Kier alpha value is -6.72. The van der Waals surface area contributed by atoms with Gasteiger partial charge in [-0.3, -0.25) is 0 Å². The molecule has 0 heterocycles. The average Bonchev–Trinajstić information content (AvgIpc) is 3.33. The second kappa shape index (κ2) is 23.1. The molecule has 3 aromatic carbocycles. The van der Waals surface area contributed by atoms with Crippen molar-refractivity contribution in [2.24, 2.45) is 23.7 Å². The molecule has 3 saturated carbocycles. The fourth-order valence-corrected chi connectivity index (χ4v) is 8.94. The lowest BCUT2D eigenvalue weighted by atomic mass is 9.61. The average molecular weight is 893 g/mol. The molecule has 3 fully saturated rings. The van der Waals surface area contributed by atoms with Crippen LogP contribution in [0.1, 0.15) is 108 Å². The molecule has 0 bridgehead atoms. The topological polar surface area (TPSA) is 213 Å². The van der Waals surface area contributed by atoms with Gasteiger partial charge in [-0.1, -0.05) is 0 Å². The van der Waals surface area contributed by atoms with Gasteiger partial charge in [0, 0.05) is 0 Å². The fourth-order valence-electron chi connectivity index (χ4n) is 8.94. The molecule has 3 aliphatic rings. The molecule has 3 aromatic rings. The zero-order chi connectivity index (χ0) is 45.4. The van der Waals surface area contributed by atoms with Gasteiger partial charge in [-0.2, -0.15) is 14.4 Å². The molecule has 64 heavy (non-hydrogen) atoms. The van der Waals surface area contributed by atoms with Gasteiger partial charge in [-0.25, -0.2) is 43.7 Å². The van der Waals surface area contributed by atoms with Crippen LogP contribution < -0.4 is 14.2 Å². The minimum atomic E-state index is -1.11. The third-order valence-corrected chi connectivity index (χ3v) is 12.1. The Morgan fingerprint density at radius 3 is 0.812 bits per heavy atom. The maximum absolute atomic E-state index is 12.5. The van der Waals surface area contributed by atoms with Crippen LogP contribution in [0.5, 0.6) is 17.2 Å². The summed E-state index contributed by atoms with van der Waals surface area (Å²) in [6, 6.07) is 18.3. The van der Waals surface area contributed by atoms with Crippen molar-refractivity contribution in [2.75, 3.05) is 21.3 Å². The number of rotatable bonds is 12. The summed E-state index contributed by atoms with van der Waals surface area (Å²) in [5, 5.41) is 0. The summed E-state index contributed by atoms with van der Waals surface area (Å²) in [5.74, 6) is 0.157. The molecule has 3 aliphatic carbocycles. The zero-order valence-corrected chi connectivity index (χ0v) is 35.8. The predicted octanol–water partition coefficient (Wildman–Crippen LogP) is 9.08. The van der Waals surface area contributed by atoms with E-state index in [0.717, 1.165) is 38.5 Å². The van der Waals surface area contributed by atoms with Gasteiger partial charge in [0.15, 0.2) is 0 Å². The van der Waals surface area contributed by atoms with E-state index in [0.29, 0.717) is 55.8 Å². The van der Waals surface area contributed by atoms with Crippen LogP contribution in [0, 0.1) is 23.7 Å². The lowest BCUT2D eigenvalue weighted by molar-refractivity contribution is -0.209. The number of hydrogen-bond donors (Lipinski definition) is 0. The molecule has 0 saturated heterocycles. The molecule has 344 valence electrons. The van der Waals surface area contributed by atoms with E-state index in [2.05, 4.69) is 14.7 Å². The maximum atomic E-state index is 12.5. The van der Waals surface area contributed by atoms with Gasteiger partial charge < -0.3 is 28.4 Å².